The van der Waals surface area contributed by atoms with Gasteiger partial charge in [-0.3, -0.25) is 0 Å². The lowest BCUT2D eigenvalue weighted by molar-refractivity contribution is 0.0136. The van der Waals surface area contributed by atoms with Gasteiger partial charge in [0.1, 0.15) is 6.10 Å². The van der Waals surface area contributed by atoms with Crippen LogP contribution in [0.3, 0.4) is 0 Å². The largest absolute Gasteiger partial charge is 0.459 e. The first kappa shape index (κ1) is 14.9. The molecule has 0 N–H and O–H groups in total. The van der Waals surface area contributed by atoms with Gasteiger partial charge >= 0.3 is 5.97 Å². The number of rotatable bonds is 3. The average molecular weight is 343 g/mol. The van der Waals surface area contributed by atoms with Crippen LogP contribution in [-0.4, -0.2) is 12.1 Å². The summed E-state index contributed by atoms with van der Waals surface area (Å²) in [5.74, 6) is 0.450. The van der Waals surface area contributed by atoms with Crippen LogP contribution in [0.2, 0.25) is 0 Å². The van der Waals surface area contributed by atoms with Crippen LogP contribution >= 0.6 is 28.6 Å². The zero-order valence-electron chi connectivity index (χ0n) is 11.1. The Morgan fingerprint density at radius 3 is 2.95 bits per heavy atom. The van der Waals surface area contributed by atoms with E-state index >= 15 is 0 Å². The number of hydrogen-bond acceptors (Lipinski definition) is 3. The summed E-state index contributed by atoms with van der Waals surface area (Å²) in [6, 6.07) is 5.41. The van der Waals surface area contributed by atoms with Crippen LogP contribution in [0.1, 0.15) is 49.4 Å². The third kappa shape index (κ3) is 3.99. The second kappa shape index (κ2) is 6.80. The molecule has 104 valence electrons. The number of halogens is 1. The second-order valence-corrected chi connectivity index (χ2v) is 6.53. The molecule has 0 radical (unpaired) electrons. The van der Waals surface area contributed by atoms with Crippen molar-refractivity contribution >= 4 is 34.5 Å². The molecule has 1 aliphatic rings. The molecule has 0 aliphatic heterocycles. The SMILES string of the molecule is CCC1CCCC(OC(=O)c2ccc(Br)cc2S)C1. The molecule has 2 unspecified atom stereocenters. The van der Waals surface area contributed by atoms with Crippen LogP contribution in [0.15, 0.2) is 27.6 Å². The minimum Gasteiger partial charge on any atom is -0.459 e. The Balaban J connectivity index is 2.00. The molecule has 1 aromatic carbocycles. The molecule has 0 bridgehead atoms. The smallest absolute Gasteiger partial charge is 0.339 e. The van der Waals surface area contributed by atoms with Crippen LogP contribution in [0.25, 0.3) is 0 Å². The summed E-state index contributed by atoms with van der Waals surface area (Å²) in [5, 5.41) is 0. The van der Waals surface area contributed by atoms with Crippen molar-refractivity contribution in [1.29, 1.82) is 0 Å². The summed E-state index contributed by atoms with van der Waals surface area (Å²) in [4.78, 5) is 12.8. The highest BCUT2D eigenvalue weighted by Gasteiger charge is 2.24. The molecule has 19 heavy (non-hydrogen) atoms. The average Bonchev–Trinajstić information content (AvgIpc) is 2.38. The number of hydrogen-bond donors (Lipinski definition) is 1. The Morgan fingerprint density at radius 1 is 1.47 bits per heavy atom. The van der Waals surface area contributed by atoms with Gasteiger partial charge in [0, 0.05) is 9.37 Å². The Kier molecular flexibility index (Phi) is 5.34. The summed E-state index contributed by atoms with van der Waals surface area (Å²) in [5.41, 5.74) is 0.546. The van der Waals surface area contributed by atoms with E-state index in [4.69, 9.17) is 4.74 Å². The summed E-state index contributed by atoms with van der Waals surface area (Å²) in [6.07, 6.45) is 5.65. The van der Waals surface area contributed by atoms with E-state index in [-0.39, 0.29) is 12.1 Å². The molecule has 1 saturated carbocycles. The fourth-order valence-electron chi connectivity index (χ4n) is 2.61. The van der Waals surface area contributed by atoms with Crippen molar-refractivity contribution in [2.75, 3.05) is 0 Å². The van der Waals surface area contributed by atoms with Gasteiger partial charge in [-0.15, -0.1) is 12.6 Å². The normalized spacial score (nSPS) is 23.1. The predicted molar refractivity (Wildman–Crippen MR) is 82.8 cm³/mol. The molecular weight excluding hydrogens is 324 g/mol. The molecule has 1 fully saturated rings. The molecule has 2 rings (SSSR count). The Bertz CT molecular complexity index is 461. The maximum atomic E-state index is 12.2. The number of carbonyl (C=O) groups is 1. The third-order valence-electron chi connectivity index (χ3n) is 3.77. The Labute approximate surface area is 128 Å². The Hall–Kier alpha value is -0.480. The van der Waals surface area contributed by atoms with Crippen molar-refractivity contribution in [2.45, 2.75) is 50.0 Å². The van der Waals surface area contributed by atoms with E-state index in [1.54, 1.807) is 6.07 Å². The fourth-order valence-corrected chi connectivity index (χ4v) is 3.45. The van der Waals surface area contributed by atoms with Gasteiger partial charge < -0.3 is 4.74 Å². The maximum absolute atomic E-state index is 12.2. The molecule has 4 heteroatoms. The van der Waals surface area contributed by atoms with Crippen molar-refractivity contribution in [1.82, 2.24) is 0 Å². The first-order valence-electron chi connectivity index (χ1n) is 6.79. The van der Waals surface area contributed by atoms with E-state index in [0.717, 1.165) is 23.7 Å². The zero-order chi connectivity index (χ0) is 13.8. The molecule has 0 heterocycles. The summed E-state index contributed by atoms with van der Waals surface area (Å²) in [6.45, 7) is 2.20. The van der Waals surface area contributed by atoms with Crippen molar-refractivity contribution in [2.24, 2.45) is 5.92 Å². The monoisotopic (exact) mass is 342 g/mol. The zero-order valence-corrected chi connectivity index (χ0v) is 13.5. The summed E-state index contributed by atoms with van der Waals surface area (Å²) < 4.78 is 6.54. The van der Waals surface area contributed by atoms with E-state index < -0.39 is 0 Å². The molecule has 0 saturated heterocycles. The van der Waals surface area contributed by atoms with Crippen LogP contribution in [0.5, 0.6) is 0 Å². The van der Waals surface area contributed by atoms with Gasteiger partial charge in [-0.05, 0) is 43.4 Å². The first-order valence-corrected chi connectivity index (χ1v) is 8.03. The lowest BCUT2D eigenvalue weighted by Gasteiger charge is -2.28. The van der Waals surface area contributed by atoms with Gasteiger partial charge in [0.05, 0.1) is 5.56 Å². The molecule has 1 aliphatic carbocycles. The lowest BCUT2D eigenvalue weighted by atomic mass is 9.85. The molecular formula is C15H19BrO2S. The van der Waals surface area contributed by atoms with E-state index in [1.165, 1.54) is 12.8 Å². The molecule has 2 atom stereocenters. The van der Waals surface area contributed by atoms with Crippen LogP contribution in [-0.2, 0) is 4.74 Å². The Morgan fingerprint density at radius 2 is 2.26 bits per heavy atom. The summed E-state index contributed by atoms with van der Waals surface area (Å²) in [7, 11) is 0. The minimum atomic E-state index is -0.251. The van der Waals surface area contributed by atoms with Gasteiger partial charge in [0.25, 0.3) is 0 Å². The molecule has 2 nitrogen and oxygen atoms in total. The standard InChI is InChI=1S/C15H19BrO2S/c1-2-10-4-3-5-12(8-10)18-15(17)13-7-6-11(16)9-14(13)19/h6-7,9-10,12,19H,2-5,8H2,1H3. The highest BCUT2D eigenvalue weighted by Crippen LogP contribution is 2.29. The van der Waals surface area contributed by atoms with Crippen molar-refractivity contribution in [3.8, 4) is 0 Å². The minimum absolute atomic E-state index is 0.0718. The fraction of sp³-hybridized carbons (Fsp3) is 0.533. The van der Waals surface area contributed by atoms with Crippen molar-refractivity contribution in [3.05, 3.63) is 28.2 Å². The van der Waals surface area contributed by atoms with E-state index in [2.05, 4.69) is 35.5 Å². The number of esters is 1. The number of thiol groups is 1. The predicted octanol–water partition coefficient (Wildman–Crippen LogP) is 4.86. The van der Waals surface area contributed by atoms with Gasteiger partial charge in [-0.2, -0.15) is 0 Å². The summed E-state index contributed by atoms with van der Waals surface area (Å²) >= 11 is 7.69. The highest BCUT2D eigenvalue weighted by atomic mass is 79.9. The molecule has 1 aromatic rings. The van der Waals surface area contributed by atoms with Gasteiger partial charge in [-0.1, -0.05) is 35.7 Å². The van der Waals surface area contributed by atoms with Gasteiger partial charge in [0.2, 0.25) is 0 Å². The first-order chi connectivity index (χ1) is 9.10. The molecule has 0 spiro atoms. The highest BCUT2D eigenvalue weighted by molar-refractivity contribution is 9.10. The number of benzene rings is 1. The van der Waals surface area contributed by atoms with Crippen LogP contribution in [0, 0.1) is 5.92 Å². The van der Waals surface area contributed by atoms with Crippen molar-refractivity contribution < 1.29 is 9.53 Å². The topological polar surface area (TPSA) is 26.3 Å². The van der Waals surface area contributed by atoms with E-state index in [0.29, 0.717) is 16.4 Å². The van der Waals surface area contributed by atoms with Crippen LogP contribution < -0.4 is 0 Å². The van der Waals surface area contributed by atoms with Crippen LogP contribution in [0.4, 0.5) is 0 Å². The molecule has 0 aromatic heterocycles. The van der Waals surface area contributed by atoms with Gasteiger partial charge in [0.15, 0.2) is 0 Å². The van der Waals surface area contributed by atoms with E-state index in [9.17, 15) is 4.79 Å². The number of ether oxygens (including phenoxy) is 1. The lowest BCUT2D eigenvalue weighted by Crippen LogP contribution is -2.25. The quantitative estimate of drug-likeness (QED) is 0.626. The maximum Gasteiger partial charge on any atom is 0.339 e. The van der Waals surface area contributed by atoms with Gasteiger partial charge in [-0.25, -0.2) is 4.79 Å². The second-order valence-electron chi connectivity index (χ2n) is 5.13. The van der Waals surface area contributed by atoms with E-state index in [1.807, 2.05) is 12.1 Å². The third-order valence-corrected chi connectivity index (χ3v) is 4.63. The van der Waals surface area contributed by atoms with Crippen molar-refractivity contribution in [3.63, 3.8) is 0 Å². The molecule has 0 amide bonds. The number of carbonyl (C=O) groups excluding carboxylic acids is 1.